The first-order chi connectivity index (χ1) is 9.67. The topological polar surface area (TPSA) is 59.1 Å². The number of fused-ring (bicyclic) bond motifs is 1. The zero-order valence-electron chi connectivity index (χ0n) is 10.7. The molecule has 1 heterocycles. The van der Waals surface area contributed by atoms with E-state index in [1.807, 2.05) is 6.07 Å². The number of phenols is 1. The number of aromatic hydroxyl groups is 1. The summed E-state index contributed by atoms with van der Waals surface area (Å²) in [5.41, 5.74) is 8.78. The van der Waals surface area contributed by atoms with Gasteiger partial charge in [-0.2, -0.15) is 0 Å². The van der Waals surface area contributed by atoms with Crippen LogP contribution in [0.2, 0.25) is 0 Å². The predicted molar refractivity (Wildman–Crippen MR) is 78.1 cm³/mol. The number of alkyl halides is 1. The molecule has 3 nitrogen and oxygen atoms in total. The van der Waals surface area contributed by atoms with E-state index in [1.54, 1.807) is 36.4 Å². The molecule has 0 unspecified atom stereocenters. The number of aromatic nitrogens is 1. The van der Waals surface area contributed by atoms with Crippen molar-refractivity contribution in [1.29, 1.82) is 0 Å². The quantitative estimate of drug-likeness (QED) is 0.697. The van der Waals surface area contributed by atoms with Gasteiger partial charge >= 0.3 is 0 Å². The van der Waals surface area contributed by atoms with Crippen molar-refractivity contribution in [2.45, 2.75) is 6.67 Å². The predicted octanol–water partition coefficient (Wildman–Crippen LogP) is 3.66. The van der Waals surface area contributed by atoms with Gasteiger partial charge in [0.1, 0.15) is 12.4 Å². The van der Waals surface area contributed by atoms with E-state index in [4.69, 9.17) is 5.73 Å². The number of halogens is 1. The molecule has 3 aromatic rings. The van der Waals surface area contributed by atoms with Crippen LogP contribution in [0.5, 0.6) is 5.75 Å². The van der Waals surface area contributed by atoms with Gasteiger partial charge in [-0.25, -0.2) is 9.37 Å². The third-order valence-electron chi connectivity index (χ3n) is 3.21. The summed E-state index contributed by atoms with van der Waals surface area (Å²) in [4.78, 5) is 4.49. The second kappa shape index (κ2) is 4.81. The summed E-state index contributed by atoms with van der Waals surface area (Å²) in [6.07, 6.45) is 0. The van der Waals surface area contributed by atoms with Gasteiger partial charge in [0.25, 0.3) is 0 Å². The molecule has 0 aliphatic carbocycles. The van der Waals surface area contributed by atoms with Crippen molar-refractivity contribution in [3.05, 3.63) is 54.1 Å². The number of nitrogens with zero attached hydrogens (tertiary/aromatic N) is 1. The van der Waals surface area contributed by atoms with Crippen LogP contribution in [0.25, 0.3) is 22.2 Å². The number of rotatable bonds is 2. The fourth-order valence-electron chi connectivity index (χ4n) is 2.17. The van der Waals surface area contributed by atoms with E-state index in [1.165, 1.54) is 6.07 Å². The third kappa shape index (κ3) is 2.16. The summed E-state index contributed by atoms with van der Waals surface area (Å²) in [5.74, 6) is 0.0947. The van der Waals surface area contributed by atoms with Crippen molar-refractivity contribution in [1.82, 2.24) is 4.98 Å². The Kier molecular flexibility index (Phi) is 2.99. The van der Waals surface area contributed by atoms with Gasteiger partial charge in [0.2, 0.25) is 0 Å². The van der Waals surface area contributed by atoms with Crippen LogP contribution in [-0.4, -0.2) is 10.1 Å². The summed E-state index contributed by atoms with van der Waals surface area (Å²) >= 11 is 0. The SMILES string of the molecule is Nc1ccc(-c2ccc3cc(CF)ccc3n2)c(O)c1. The largest absolute Gasteiger partial charge is 0.507 e. The van der Waals surface area contributed by atoms with Crippen LogP contribution in [0.1, 0.15) is 5.56 Å². The van der Waals surface area contributed by atoms with E-state index in [-0.39, 0.29) is 5.75 Å². The van der Waals surface area contributed by atoms with E-state index in [0.29, 0.717) is 22.5 Å². The Bertz CT molecular complexity index is 787. The van der Waals surface area contributed by atoms with Crippen molar-refractivity contribution in [3.8, 4) is 17.0 Å². The molecule has 3 rings (SSSR count). The maximum Gasteiger partial charge on any atom is 0.127 e. The number of hydrogen-bond donors (Lipinski definition) is 2. The molecule has 0 amide bonds. The number of pyridine rings is 1. The Labute approximate surface area is 115 Å². The number of benzene rings is 2. The highest BCUT2D eigenvalue weighted by atomic mass is 19.1. The van der Waals surface area contributed by atoms with Crippen molar-refractivity contribution in [3.63, 3.8) is 0 Å². The van der Waals surface area contributed by atoms with Gasteiger partial charge in [-0.15, -0.1) is 0 Å². The number of anilines is 1. The summed E-state index contributed by atoms with van der Waals surface area (Å²) in [6.45, 7) is -0.490. The molecule has 100 valence electrons. The molecule has 0 atom stereocenters. The fraction of sp³-hybridized carbons (Fsp3) is 0.0625. The van der Waals surface area contributed by atoms with Crippen molar-refractivity contribution in [2.24, 2.45) is 0 Å². The molecule has 0 saturated carbocycles. The lowest BCUT2D eigenvalue weighted by Crippen LogP contribution is -1.89. The molecule has 0 radical (unpaired) electrons. The fourth-order valence-corrected chi connectivity index (χ4v) is 2.17. The molecule has 20 heavy (non-hydrogen) atoms. The molecule has 0 aliphatic heterocycles. The molecular weight excluding hydrogens is 255 g/mol. The van der Waals surface area contributed by atoms with Crippen LogP contribution < -0.4 is 5.73 Å². The molecule has 0 bridgehead atoms. The van der Waals surface area contributed by atoms with Gasteiger partial charge in [0, 0.05) is 22.7 Å². The highest BCUT2D eigenvalue weighted by Gasteiger charge is 2.07. The van der Waals surface area contributed by atoms with E-state index in [2.05, 4.69) is 4.98 Å². The molecule has 0 saturated heterocycles. The van der Waals surface area contributed by atoms with E-state index >= 15 is 0 Å². The molecule has 0 fully saturated rings. The van der Waals surface area contributed by atoms with Crippen molar-refractivity contribution in [2.75, 3.05) is 5.73 Å². The third-order valence-corrected chi connectivity index (χ3v) is 3.21. The Morgan fingerprint density at radius 2 is 1.90 bits per heavy atom. The Balaban J connectivity index is 2.13. The molecule has 1 aromatic heterocycles. The summed E-state index contributed by atoms with van der Waals surface area (Å²) in [7, 11) is 0. The van der Waals surface area contributed by atoms with Crippen LogP contribution in [-0.2, 0) is 6.67 Å². The van der Waals surface area contributed by atoms with E-state index < -0.39 is 6.67 Å². The number of phenolic OH excluding ortho intramolecular Hbond substituents is 1. The molecule has 2 aromatic carbocycles. The lowest BCUT2D eigenvalue weighted by molar-refractivity contribution is 0.477. The van der Waals surface area contributed by atoms with Crippen LogP contribution in [0.15, 0.2) is 48.5 Å². The number of nitrogen functional groups attached to an aromatic ring is 1. The van der Waals surface area contributed by atoms with E-state index in [9.17, 15) is 9.50 Å². The van der Waals surface area contributed by atoms with Crippen LogP contribution >= 0.6 is 0 Å². The standard InChI is InChI=1S/C16H13FN2O/c17-9-10-1-5-14-11(7-10)2-6-15(19-14)13-4-3-12(18)8-16(13)20/h1-8,20H,9,18H2. The number of hydrogen-bond acceptors (Lipinski definition) is 3. The van der Waals surface area contributed by atoms with Gasteiger partial charge < -0.3 is 10.8 Å². The number of nitrogens with two attached hydrogens (primary N) is 1. The molecule has 0 aliphatic rings. The van der Waals surface area contributed by atoms with Gasteiger partial charge in [0.05, 0.1) is 11.2 Å². The zero-order valence-corrected chi connectivity index (χ0v) is 10.7. The smallest absolute Gasteiger partial charge is 0.127 e. The summed E-state index contributed by atoms with van der Waals surface area (Å²) in [5, 5.41) is 10.8. The lowest BCUT2D eigenvalue weighted by Gasteiger charge is -2.07. The summed E-state index contributed by atoms with van der Waals surface area (Å²) in [6, 6.07) is 13.9. The lowest BCUT2D eigenvalue weighted by atomic mass is 10.1. The highest BCUT2D eigenvalue weighted by Crippen LogP contribution is 2.30. The highest BCUT2D eigenvalue weighted by molar-refractivity contribution is 5.83. The van der Waals surface area contributed by atoms with Crippen molar-refractivity contribution >= 4 is 16.6 Å². The normalized spacial score (nSPS) is 10.8. The van der Waals surface area contributed by atoms with Crippen LogP contribution in [0.4, 0.5) is 10.1 Å². The summed E-state index contributed by atoms with van der Waals surface area (Å²) < 4.78 is 12.6. The molecule has 3 N–H and O–H groups in total. The minimum Gasteiger partial charge on any atom is -0.507 e. The van der Waals surface area contributed by atoms with Gasteiger partial charge in [-0.05, 0) is 35.9 Å². The maximum absolute atomic E-state index is 12.6. The van der Waals surface area contributed by atoms with Gasteiger partial charge in [-0.1, -0.05) is 12.1 Å². The molecular formula is C16H13FN2O. The second-order valence-corrected chi connectivity index (χ2v) is 4.63. The average Bonchev–Trinajstić information content (AvgIpc) is 2.46. The monoisotopic (exact) mass is 268 g/mol. The molecule has 4 heteroatoms. The Hall–Kier alpha value is -2.62. The Morgan fingerprint density at radius 3 is 2.65 bits per heavy atom. The van der Waals surface area contributed by atoms with Crippen molar-refractivity contribution < 1.29 is 9.50 Å². The van der Waals surface area contributed by atoms with Crippen LogP contribution in [0.3, 0.4) is 0 Å². The van der Waals surface area contributed by atoms with E-state index in [0.717, 1.165) is 10.9 Å². The maximum atomic E-state index is 12.6. The van der Waals surface area contributed by atoms with Crippen LogP contribution in [0, 0.1) is 0 Å². The second-order valence-electron chi connectivity index (χ2n) is 4.63. The minimum atomic E-state index is -0.490. The average molecular weight is 268 g/mol. The molecule has 0 spiro atoms. The first-order valence-electron chi connectivity index (χ1n) is 6.22. The first kappa shape index (κ1) is 12.4. The Morgan fingerprint density at radius 1 is 1.05 bits per heavy atom. The van der Waals surface area contributed by atoms with Gasteiger partial charge in [0.15, 0.2) is 0 Å². The van der Waals surface area contributed by atoms with Gasteiger partial charge in [-0.3, -0.25) is 0 Å². The minimum absolute atomic E-state index is 0.0947. The first-order valence-corrected chi connectivity index (χ1v) is 6.22. The zero-order chi connectivity index (χ0) is 14.1.